The SMILES string of the molecule is COCCN1CCN(C(C)C(=O)NCc2ccccc2Cl)CC1. The molecule has 0 saturated carbocycles. The number of halogens is 1. The lowest BCUT2D eigenvalue weighted by molar-refractivity contribution is -0.126. The fraction of sp³-hybridized carbons (Fsp3) is 0.588. The Morgan fingerprint density at radius 2 is 2.00 bits per heavy atom. The molecule has 1 atom stereocenters. The summed E-state index contributed by atoms with van der Waals surface area (Å²) in [4.78, 5) is 16.9. The van der Waals surface area contributed by atoms with Crippen molar-refractivity contribution in [3.8, 4) is 0 Å². The molecule has 1 heterocycles. The van der Waals surface area contributed by atoms with E-state index < -0.39 is 0 Å². The van der Waals surface area contributed by atoms with Gasteiger partial charge in [0.25, 0.3) is 0 Å². The monoisotopic (exact) mass is 339 g/mol. The topological polar surface area (TPSA) is 44.8 Å². The van der Waals surface area contributed by atoms with Gasteiger partial charge in [0.2, 0.25) is 5.91 Å². The lowest BCUT2D eigenvalue weighted by atomic mass is 10.2. The standard InChI is InChI=1S/C17H26ClN3O2/c1-14(21-9-7-20(8-10-21)11-12-23-2)17(22)19-13-15-5-3-4-6-16(15)18/h3-6,14H,7-13H2,1-2H3,(H,19,22). The van der Waals surface area contributed by atoms with Crippen molar-refractivity contribution in [2.45, 2.75) is 19.5 Å². The zero-order chi connectivity index (χ0) is 16.7. The first-order chi connectivity index (χ1) is 11.1. The molecule has 5 nitrogen and oxygen atoms in total. The molecule has 1 N–H and O–H groups in total. The minimum atomic E-state index is -0.123. The van der Waals surface area contributed by atoms with Crippen LogP contribution in [0.25, 0.3) is 0 Å². The van der Waals surface area contributed by atoms with Crippen molar-refractivity contribution in [1.29, 1.82) is 0 Å². The van der Waals surface area contributed by atoms with Crippen LogP contribution in [-0.4, -0.2) is 68.2 Å². The number of hydrogen-bond acceptors (Lipinski definition) is 4. The van der Waals surface area contributed by atoms with Gasteiger partial charge in [-0.05, 0) is 18.6 Å². The van der Waals surface area contributed by atoms with E-state index in [0.717, 1.165) is 44.9 Å². The van der Waals surface area contributed by atoms with E-state index in [1.807, 2.05) is 31.2 Å². The molecule has 0 bridgehead atoms. The van der Waals surface area contributed by atoms with E-state index in [2.05, 4.69) is 15.1 Å². The number of benzene rings is 1. The van der Waals surface area contributed by atoms with Gasteiger partial charge in [-0.2, -0.15) is 0 Å². The van der Waals surface area contributed by atoms with Crippen molar-refractivity contribution in [2.24, 2.45) is 0 Å². The Labute approximate surface area is 143 Å². The molecule has 1 fully saturated rings. The van der Waals surface area contributed by atoms with Gasteiger partial charge in [-0.1, -0.05) is 29.8 Å². The number of carbonyl (C=O) groups is 1. The lowest BCUT2D eigenvalue weighted by Crippen LogP contribution is -2.54. The van der Waals surface area contributed by atoms with E-state index in [-0.39, 0.29) is 11.9 Å². The van der Waals surface area contributed by atoms with Gasteiger partial charge in [-0.3, -0.25) is 14.6 Å². The highest BCUT2D eigenvalue weighted by atomic mass is 35.5. The first kappa shape index (κ1) is 18.2. The van der Waals surface area contributed by atoms with Crippen LogP contribution in [0.15, 0.2) is 24.3 Å². The summed E-state index contributed by atoms with van der Waals surface area (Å²) in [6, 6.07) is 7.46. The molecule has 1 amide bonds. The van der Waals surface area contributed by atoms with Crippen LogP contribution in [-0.2, 0) is 16.1 Å². The summed E-state index contributed by atoms with van der Waals surface area (Å²) in [6.07, 6.45) is 0. The number of carbonyl (C=O) groups excluding carboxylic acids is 1. The third-order valence-electron chi connectivity index (χ3n) is 4.36. The number of nitrogens with zero attached hydrogens (tertiary/aromatic N) is 2. The molecular formula is C17H26ClN3O2. The van der Waals surface area contributed by atoms with Crippen LogP contribution >= 0.6 is 11.6 Å². The van der Waals surface area contributed by atoms with Crippen molar-refractivity contribution in [3.05, 3.63) is 34.9 Å². The first-order valence-corrected chi connectivity index (χ1v) is 8.46. The average molecular weight is 340 g/mol. The Kier molecular flexibility index (Phi) is 7.30. The second kappa shape index (κ2) is 9.23. The Hall–Kier alpha value is -1.14. The van der Waals surface area contributed by atoms with E-state index >= 15 is 0 Å². The van der Waals surface area contributed by atoms with Gasteiger partial charge in [-0.25, -0.2) is 0 Å². The number of nitrogens with one attached hydrogen (secondary N) is 1. The van der Waals surface area contributed by atoms with Crippen molar-refractivity contribution < 1.29 is 9.53 Å². The molecule has 1 aromatic carbocycles. The van der Waals surface area contributed by atoms with Crippen molar-refractivity contribution >= 4 is 17.5 Å². The van der Waals surface area contributed by atoms with Gasteiger partial charge in [-0.15, -0.1) is 0 Å². The zero-order valence-corrected chi connectivity index (χ0v) is 14.7. The van der Waals surface area contributed by atoms with Gasteiger partial charge in [0.05, 0.1) is 12.6 Å². The predicted octanol–water partition coefficient (Wildman–Crippen LogP) is 1.61. The van der Waals surface area contributed by atoms with Crippen LogP contribution in [0.1, 0.15) is 12.5 Å². The normalized spacial score (nSPS) is 17.9. The number of rotatable bonds is 7. The van der Waals surface area contributed by atoms with Gasteiger partial charge in [0, 0.05) is 51.4 Å². The fourth-order valence-electron chi connectivity index (χ4n) is 2.73. The first-order valence-electron chi connectivity index (χ1n) is 8.08. The molecule has 1 unspecified atom stereocenters. The third kappa shape index (κ3) is 5.46. The minimum Gasteiger partial charge on any atom is -0.383 e. The number of amides is 1. The molecule has 2 rings (SSSR count). The van der Waals surface area contributed by atoms with Gasteiger partial charge >= 0.3 is 0 Å². The van der Waals surface area contributed by atoms with Gasteiger partial charge < -0.3 is 10.1 Å². The molecule has 1 aliphatic rings. The van der Waals surface area contributed by atoms with Crippen LogP contribution in [0.4, 0.5) is 0 Å². The quantitative estimate of drug-likeness (QED) is 0.819. The Balaban J connectivity index is 1.76. The molecule has 23 heavy (non-hydrogen) atoms. The maximum Gasteiger partial charge on any atom is 0.237 e. The molecular weight excluding hydrogens is 314 g/mol. The molecule has 0 aromatic heterocycles. The molecule has 6 heteroatoms. The summed E-state index contributed by atoms with van der Waals surface area (Å²) in [5.41, 5.74) is 0.944. The highest BCUT2D eigenvalue weighted by molar-refractivity contribution is 6.31. The summed E-state index contributed by atoms with van der Waals surface area (Å²) in [7, 11) is 1.72. The summed E-state index contributed by atoms with van der Waals surface area (Å²) in [6.45, 7) is 7.92. The van der Waals surface area contributed by atoms with Crippen LogP contribution in [0.2, 0.25) is 5.02 Å². The van der Waals surface area contributed by atoms with Crippen LogP contribution in [0, 0.1) is 0 Å². The zero-order valence-electron chi connectivity index (χ0n) is 13.9. The van der Waals surface area contributed by atoms with E-state index in [0.29, 0.717) is 11.6 Å². The lowest BCUT2D eigenvalue weighted by Gasteiger charge is -2.37. The minimum absolute atomic E-state index is 0.0512. The van der Waals surface area contributed by atoms with E-state index in [1.165, 1.54) is 0 Å². The second-order valence-electron chi connectivity index (χ2n) is 5.86. The summed E-state index contributed by atoms with van der Waals surface area (Å²) >= 11 is 6.12. The largest absolute Gasteiger partial charge is 0.383 e. The van der Waals surface area contributed by atoms with Crippen LogP contribution in [0.3, 0.4) is 0 Å². The Morgan fingerprint density at radius 1 is 1.30 bits per heavy atom. The number of hydrogen-bond donors (Lipinski definition) is 1. The molecule has 0 aliphatic carbocycles. The van der Waals surface area contributed by atoms with E-state index in [1.54, 1.807) is 7.11 Å². The Bertz CT molecular complexity index is 504. The number of methoxy groups -OCH3 is 1. The summed E-state index contributed by atoms with van der Waals surface area (Å²) in [5.74, 6) is 0.0512. The van der Waals surface area contributed by atoms with Crippen molar-refractivity contribution in [3.63, 3.8) is 0 Å². The van der Waals surface area contributed by atoms with Crippen LogP contribution < -0.4 is 5.32 Å². The predicted molar refractivity (Wildman–Crippen MR) is 92.6 cm³/mol. The average Bonchev–Trinajstić information content (AvgIpc) is 2.59. The maximum absolute atomic E-state index is 12.4. The smallest absolute Gasteiger partial charge is 0.237 e. The second-order valence-corrected chi connectivity index (χ2v) is 6.26. The van der Waals surface area contributed by atoms with Gasteiger partial charge in [0.1, 0.15) is 0 Å². The summed E-state index contributed by atoms with van der Waals surface area (Å²) in [5, 5.41) is 3.67. The number of piperazine rings is 1. The van der Waals surface area contributed by atoms with Crippen molar-refractivity contribution in [1.82, 2.24) is 15.1 Å². The van der Waals surface area contributed by atoms with Crippen LogP contribution in [0.5, 0.6) is 0 Å². The molecule has 128 valence electrons. The highest BCUT2D eigenvalue weighted by Gasteiger charge is 2.25. The van der Waals surface area contributed by atoms with E-state index in [9.17, 15) is 4.79 Å². The molecule has 1 aromatic rings. The fourth-order valence-corrected chi connectivity index (χ4v) is 2.93. The molecule has 1 aliphatic heterocycles. The maximum atomic E-state index is 12.4. The van der Waals surface area contributed by atoms with E-state index in [4.69, 9.17) is 16.3 Å². The molecule has 0 spiro atoms. The number of ether oxygens (including phenoxy) is 1. The van der Waals surface area contributed by atoms with Gasteiger partial charge in [0.15, 0.2) is 0 Å². The highest BCUT2D eigenvalue weighted by Crippen LogP contribution is 2.14. The summed E-state index contributed by atoms with van der Waals surface area (Å²) < 4.78 is 5.11. The third-order valence-corrected chi connectivity index (χ3v) is 4.73. The van der Waals surface area contributed by atoms with Crippen molar-refractivity contribution in [2.75, 3.05) is 46.4 Å². The Morgan fingerprint density at radius 3 is 2.65 bits per heavy atom. The molecule has 1 saturated heterocycles. The molecule has 0 radical (unpaired) electrons.